The van der Waals surface area contributed by atoms with Crippen molar-refractivity contribution in [2.24, 2.45) is 0 Å². The predicted octanol–water partition coefficient (Wildman–Crippen LogP) is 2.10. The van der Waals surface area contributed by atoms with E-state index in [9.17, 15) is 4.79 Å². The van der Waals surface area contributed by atoms with Crippen molar-refractivity contribution in [3.63, 3.8) is 0 Å². The van der Waals surface area contributed by atoms with Crippen LogP contribution in [0.4, 0.5) is 0 Å². The van der Waals surface area contributed by atoms with Crippen LogP contribution in [0.25, 0.3) is 4.96 Å². The summed E-state index contributed by atoms with van der Waals surface area (Å²) < 4.78 is 12.4. The highest BCUT2D eigenvalue weighted by molar-refractivity contribution is 7.15. The molecule has 114 valence electrons. The van der Waals surface area contributed by atoms with Gasteiger partial charge in [-0.25, -0.2) is 4.98 Å². The number of nitrogens with zero attached hydrogens (tertiary/aromatic N) is 2. The Hall–Kier alpha value is -2.54. The van der Waals surface area contributed by atoms with Crippen molar-refractivity contribution >= 4 is 22.2 Å². The molecule has 6 nitrogen and oxygen atoms in total. The van der Waals surface area contributed by atoms with E-state index in [4.69, 9.17) is 9.47 Å². The molecule has 0 aliphatic heterocycles. The number of benzene rings is 1. The molecule has 0 radical (unpaired) electrons. The number of carbonyl (C=O) groups is 1. The van der Waals surface area contributed by atoms with Crippen LogP contribution < -0.4 is 14.8 Å². The van der Waals surface area contributed by atoms with Gasteiger partial charge in [0.25, 0.3) is 5.91 Å². The molecule has 0 atom stereocenters. The summed E-state index contributed by atoms with van der Waals surface area (Å²) in [5.74, 6) is 1.18. The molecule has 0 aliphatic carbocycles. The monoisotopic (exact) mass is 317 g/mol. The minimum absolute atomic E-state index is 0.0332. The highest BCUT2D eigenvalue weighted by atomic mass is 32.1. The van der Waals surface area contributed by atoms with Crippen LogP contribution in [0.3, 0.4) is 0 Å². The predicted molar refractivity (Wildman–Crippen MR) is 83.4 cm³/mol. The lowest BCUT2D eigenvalue weighted by Crippen LogP contribution is -2.28. The number of rotatable bonds is 6. The van der Waals surface area contributed by atoms with Crippen molar-refractivity contribution in [1.29, 1.82) is 0 Å². The number of fused-ring (bicyclic) bond motifs is 1. The molecule has 0 bridgehead atoms. The molecule has 7 heteroatoms. The van der Waals surface area contributed by atoms with E-state index in [1.807, 2.05) is 22.2 Å². The van der Waals surface area contributed by atoms with E-state index in [2.05, 4.69) is 10.3 Å². The minimum atomic E-state index is -0.188. The number of aromatic nitrogens is 2. The Morgan fingerprint density at radius 3 is 2.82 bits per heavy atom. The second-order valence-corrected chi connectivity index (χ2v) is 5.44. The molecule has 0 unspecified atom stereocenters. The zero-order valence-corrected chi connectivity index (χ0v) is 12.8. The van der Waals surface area contributed by atoms with Crippen LogP contribution in [0.15, 0.2) is 42.0 Å². The van der Waals surface area contributed by atoms with Crippen molar-refractivity contribution in [3.8, 4) is 11.5 Å². The maximum atomic E-state index is 11.8. The first-order valence-electron chi connectivity index (χ1n) is 6.69. The summed E-state index contributed by atoms with van der Waals surface area (Å²) in [4.78, 5) is 17.1. The number of hydrogen-bond donors (Lipinski definition) is 1. The summed E-state index contributed by atoms with van der Waals surface area (Å²) in [6, 6.07) is 7.08. The van der Waals surface area contributed by atoms with Crippen molar-refractivity contribution in [2.45, 2.75) is 6.54 Å². The fourth-order valence-electron chi connectivity index (χ4n) is 1.92. The summed E-state index contributed by atoms with van der Waals surface area (Å²) in [5, 5.41) is 4.75. The molecule has 3 aromatic rings. The zero-order chi connectivity index (χ0) is 15.4. The lowest BCUT2D eigenvalue weighted by atomic mass is 10.3. The molecule has 0 saturated carbocycles. The second-order valence-electron chi connectivity index (χ2n) is 4.57. The molecule has 1 amide bonds. The van der Waals surface area contributed by atoms with Gasteiger partial charge in [-0.05, 0) is 24.3 Å². The molecule has 1 aromatic carbocycles. The van der Waals surface area contributed by atoms with Crippen molar-refractivity contribution in [1.82, 2.24) is 14.7 Å². The van der Waals surface area contributed by atoms with E-state index < -0.39 is 0 Å². The Bertz CT molecular complexity index is 735. The first-order valence-corrected chi connectivity index (χ1v) is 7.57. The number of thiazole rings is 1. The molecular formula is C15H15N3O3S. The van der Waals surface area contributed by atoms with Gasteiger partial charge >= 0.3 is 0 Å². The SMILES string of the molecule is COc1ccc(OCC(=O)NCc2cn3ccsc3n2)cc1. The smallest absolute Gasteiger partial charge is 0.258 e. The third-order valence-corrected chi connectivity index (χ3v) is 3.81. The zero-order valence-electron chi connectivity index (χ0n) is 12.0. The van der Waals surface area contributed by atoms with Gasteiger partial charge in [-0.2, -0.15) is 0 Å². The van der Waals surface area contributed by atoms with Gasteiger partial charge in [0.15, 0.2) is 11.6 Å². The highest BCUT2D eigenvalue weighted by Crippen LogP contribution is 2.16. The van der Waals surface area contributed by atoms with Gasteiger partial charge in [-0.3, -0.25) is 9.20 Å². The topological polar surface area (TPSA) is 64.9 Å². The van der Waals surface area contributed by atoms with Gasteiger partial charge in [-0.1, -0.05) is 0 Å². The van der Waals surface area contributed by atoms with Gasteiger partial charge in [0.05, 0.1) is 19.3 Å². The van der Waals surface area contributed by atoms with E-state index in [0.29, 0.717) is 12.3 Å². The molecule has 0 spiro atoms. The summed E-state index contributed by atoms with van der Waals surface area (Å²) in [6.45, 7) is 0.355. The van der Waals surface area contributed by atoms with Gasteiger partial charge in [0.1, 0.15) is 11.5 Å². The van der Waals surface area contributed by atoms with Crippen LogP contribution in [0, 0.1) is 0 Å². The van der Waals surface area contributed by atoms with Crippen LogP contribution in [0.5, 0.6) is 11.5 Å². The van der Waals surface area contributed by atoms with E-state index in [1.54, 1.807) is 42.7 Å². The fraction of sp³-hybridized carbons (Fsp3) is 0.200. The summed E-state index contributed by atoms with van der Waals surface area (Å²) >= 11 is 1.56. The lowest BCUT2D eigenvalue weighted by Gasteiger charge is -2.07. The van der Waals surface area contributed by atoms with E-state index in [1.165, 1.54) is 0 Å². The Morgan fingerprint density at radius 2 is 2.09 bits per heavy atom. The van der Waals surface area contributed by atoms with Crippen LogP contribution in [0.2, 0.25) is 0 Å². The fourth-order valence-corrected chi connectivity index (χ4v) is 2.64. The number of ether oxygens (including phenoxy) is 2. The molecule has 0 fully saturated rings. The number of hydrogen-bond acceptors (Lipinski definition) is 5. The summed E-state index contributed by atoms with van der Waals surface area (Å²) in [7, 11) is 1.60. The molecule has 2 aromatic heterocycles. The number of methoxy groups -OCH3 is 1. The van der Waals surface area contributed by atoms with Crippen molar-refractivity contribution in [2.75, 3.05) is 13.7 Å². The van der Waals surface area contributed by atoms with Crippen LogP contribution in [-0.4, -0.2) is 29.0 Å². The maximum absolute atomic E-state index is 11.8. The van der Waals surface area contributed by atoms with Crippen molar-refractivity contribution < 1.29 is 14.3 Å². The third-order valence-electron chi connectivity index (χ3n) is 3.04. The van der Waals surface area contributed by atoms with Crippen molar-refractivity contribution in [3.05, 3.63) is 47.7 Å². The quantitative estimate of drug-likeness (QED) is 0.756. The van der Waals surface area contributed by atoms with Gasteiger partial charge in [-0.15, -0.1) is 11.3 Å². The number of carbonyl (C=O) groups excluding carboxylic acids is 1. The van der Waals surface area contributed by atoms with Crippen LogP contribution in [-0.2, 0) is 11.3 Å². The number of amides is 1. The van der Waals surface area contributed by atoms with Crippen LogP contribution >= 0.6 is 11.3 Å². The van der Waals surface area contributed by atoms with Gasteiger partial charge < -0.3 is 14.8 Å². The van der Waals surface area contributed by atoms with Gasteiger partial charge in [0, 0.05) is 17.8 Å². The van der Waals surface area contributed by atoms with Crippen LogP contribution in [0.1, 0.15) is 5.69 Å². The molecular weight excluding hydrogens is 302 g/mol. The molecule has 2 heterocycles. The van der Waals surface area contributed by atoms with E-state index >= 15 is 0 Å². The first-order chi connectivity index (χ1) is 10.7. The maximum Gasteiger partial charge on any atom is 0.258 e. The first kappa shape index (κ1) is 14.4. The highest BCUT2D eigenvalue weighted by Gasteiger charge is 2.06. The summed E-state index contributed by atoms with van der Waals surface area (Å²) in [5.41, 5.74) is 0.824. The van der Waals surface area contributed by atoms with Gasteiger partial charge in [0.2, 0.25) is 0 Å². The molecule has 1 N–H and O–H groups in total. The minimum Gasteiger partial charge on any atom is -0.497 e. The second kappa shape index (κ2) is 6.48. The molecule has 22 heavy (non-hydrogen) atoms. The molecule has 0 aliphatic rings. The number of nitrogens with one attached hydrogen (secondary N) is 1. The lowest BCUT2D eigenvalue weighted by molar-refractivity contribution is -0.123. The standard InChI is InChI=1S/C15H15N3O3S/c1-20-12-2-4-13(5-3-12)21-10-14(19)16-8-11-9-18-6-7-22-15(18)17-11/h2-7,9H,8,10H2,1H3,(H,16,19). The normalized spacial score (nSPS) is 10.6. The Morgan fingerprint density at radius 1 is 1.32 bits per heavy atom. The largest absolute Gasteiger partial charge is 0.497 e. The Kier molecular flexibility index (Phi) is 4.24. The third kappa shape index (κ3) is 3.37. The number of imidazole rings is 1. The molecule has 0 saturated heterocycles. The summed E-state index contributed by atoms with van der Waals surface area (Å²) in [6.07, 6.45) is 3.83. The van der Waals surface area contributed by atoms with E-state index in [-0.39, 0.29) is 12.5 Å². The molecule has 3 rings (SSSR count). The Balaban J connectivity index is 1.46. The average molecular weight is 317 g/mol. The Labute approximate surface area is 131 Å². The average Bonchev–Trinajstić information content (AvgIpc) is 3.12. The van der Waals surface area contributed by atoms with E-state index in [0.717, 1.165) is 16.4 Å².